The Hall–Kier alpha value is -0.0600. The molecule has 3 nitrogen and oxygen atoms in total. The predicted molar refractivity (Wildman–Crippen MR) is 107 cm³/mol. The van der Waals surface area contributed by atoms with Crippen molar-refractivity contribution in [3.05, 3.63) is 0 Å². The van der Waals surface area contributed by atoms with E-state index in [2.05, 4.69) is 13.8 Å². The molecule has 2 N–H and O–H groups in total. The van der Waals surface area contributed by atoms with Crippen LogP contribution in [0.25, 0.3) is 0 Å². The van der Waals surface area contributed by atoms with Gasteiger partial charge in [0.25, 0.3) is 0 Å². The van der Waals surface area contributed by atoms with Crippen molar-refractivity contribution in [2.75, 3.05) is 12.3 Å². The molecule has 0 aromatic rings. The molecule has 4 rings (SSSR count). The van der Waals surface area contributed by atoms with E-state index in [9.17, 15) is 9.35 Å². The SMILES string of the molecule is C[C@]12CC[C@@H]([S+]([O-])CCCN)CC1CCC1C2CC[C@]2(C)C(=O)CC[C@@H]12. The number of fused-ring (bicyclic) bond motifs is 5. The molecule has 4 heteroatoms. The molecular weight excluding hydrogens is 342 g/mol. The molecule has 26 heavy (non-hydrogen) atoms. The van der Waals surface area contributed by atoms with Gasteiger partial charge in [-0.3, -0.25) is 4.79 Å². The Morgan fingerprint density at radius 1 is 1.12 bits per heavy atom. The van der Waals surface area contributed by atoms with Gasteiger partial charge in [-0.15, -0.1) is 0 Å². The zero-order valence-corrected chi connectivity index (χ0v) is 17.5. The van der Waals surface area contributed by atoms with Gasteiger partial charge >= 0.3 is 0 Å². The van der Waals surface area contributed by atoms with Crippen LogP contribution in [0.5, 0.6) is 0 Å². The van der Waals surface area contributed by atoms with Crippen LogP contribution in [-0.4, -0.2) is 27.9 Å². The van der Waals surface area contributed by atoms with Gasteiger partial charge < -0.3 is 10.3 Å². The second-order valence-electron chi connectivity index (χ2n) is 10.2. The summed E-state index contributed by atoms with van der Waals surface area (Å²) in [5.74, 6) is 4.28. The molecule has 0 bridgehead atoms. The second kappa shape index (κ2) is 7.08. The summed E-state index contributed by atoms with van der Waals surface area (Å²) in [5, 5.41) is 0.401. The van der Waals surface area contributed by atoms with Crippen LogP contribution < -0.4 is 5.73 Å². The molecule has 0 aliphatic heterocycles. The molecule has 0 heterocycles. The van der Waals surface area contributed by atoms with Crippen LogP contribution in [0.1, 0.15) is 78.1 Å². The maximum Gasteiger partial charge on any atom is 0.139 e. The molecular formula is C22H37NO2S. The van der Waals surface area contributed by atoms with Gasteiger partial charge in [-0.2, -0.15) is 0 Å². The summed E-state index contributed by atoms with van der Waals surface area (Å²) in [6.07, 6.45) is 11.4. The van der Waals surface area contributed by atoms with Gasteiger partial charge in [-0.1, -0.05) is 25.0 Å². The summed E-state index contributed by atoms with van der Waals surface area (Å²) < 4.78 is 12.7. The van der Waals surface area contributed by atoms with Crippen LogP contribution in [0.2, 0.25) is 0 Å². The number of hydrogen-bond acceptors (Lipinski definition) is 3. The maximum absolute atomic E-state index is 12.7. The Balaban J connectivity index is 1.48. The van der Waals surface area contributed by atoms with E-state index in [4.69, 9.17) is 5.73 Å². The molecule has 4 aliphatic rings. The van der Waals surface area contributed by atoms with E-state index >= 15 is 0 Å². The van der Waals surface area contributed by atoms with Crippen molar-refractivity contribution < 1.29 is 9.35 Å². The van der Waals surface area contributed by atoms with E-state index in [-0.39, 0.29) is 5.41 Å². The van der Waals surface area contributed by atoms with Gasteiger partial charge in [0.15, 0.2) is 0 Å². The minimum absolute atomic E-state index is 0.00865. The van der Waals surface area contributed by atoms with E-state index in [1.54, 1.807) is 0 Å². The molecule has 0 amide bonds. The fraction of sp³-hybridized carbons (Fsp3) is 0.955. The van der Waals surface area contributed by atoms with E-state index in [1.165, 1.54) is 25.7 Å². The molecule has 0 radical (unpaired) electrons. The smallest absolute Gasteiger partial charge is 0.139 e. The van der Waals surface area contributed by atoms with Gasteiger partial charge in [-0.25, -0.2) is 0 Å². The number of hydrogen-bond donors (Lipinski definition) is 1. The van der Waals surface area contributed by atoms with Crippen molar-refractivity contribution in [3.8, 4) is 0 Å². The Bertz CT molecular complexity index is 554. The first-order valence-corrected chi connectivity index (χ1v) is 12.4. The lowest BCUT2D eigenvalue weighted by Gasteiger charge is -2.60. The van der Waals surface area contributed by atoms with Crippen LogP contribution in [0.3, 0.4) is 0 Å². The first kappa shape index (κ1) is 19.3. The second-order valence-corrected chi connectivity index (χ2v) is 12.0. The van der Waals surface area contributed by atoms with Gasteiger partial charge in [0.1, 0.15) is 16.8 Å². The highest BCUT2D eigenvalue weighted by Gasteiger charge is 2.60. The van der Waals surface area contributed by atoms with E-state index in [0.29, 0.717) is 28.9 Å². The fourth-order valence-electron chi connectivity index (χ4n) is 7.62. The molecule has 0 saturated heterocycles. The monoisotopic (exact) mass is 379 g/mol. The molecule has 0 aromatic heterocycles. The van der Waals surface area contributed by atoms with Crippen molar-refractivity contribution in [2.45, 2.75) is 83.3 Å². The highest BCUT2D eigenvalue weighted by atomic mass is 32.2. The Morgan fingerprint density at radius 3 is 2.69 bits per heavy atom. The Morgan fingerprint density at radius 2 is 1.92 bits per heavy atom. The van der Waals surface area contributed by atoms with Crippen molar-refractivity contribution in [2.24, 2.45) is 40.2 Å². The third-order valence-corrected chi connectivity index (χ3v) is 11.1. The lowest BCUT2D eigenvalue weighted by atomic mass is 9.45. The standard InChI is InChI=1S/C22H37NO2S/c1-21-10-8-16(26(25)13-3-12-23)14-15(21)4-5-17-18-6-7-20(24)22(18,2)11-9-19(17)21/h15-19H,3-14,23H2,1-2H3/t15?,16-,17?,18+,19?,21+,22+,26?/m1/s1. The lowest BCUT2D eigenvalue weighted by molar-refractivity contribution is -0.138. The minimum Gasteiger partial charge on any atom is -0.616 e. The van der Waals surface area contributed by atoms with E-state index in [0.717, 1.165) is 62.0 Å². The number of ketones is 1. The molecule has 4 unspecified atom stereocenters. The van der Waals surface area contributed by atoms with Crippen molar-refractivity contribution in [1.82, 2.24) is 0 Å². The summed E-state index contributed by atoms with van der Waals surface area (Å²) >= 11 is -0.690. The summed E-state index contributed by atoms with van der Waals surface area (Å²) in [6, 6.07) is 0. The lowest BCUT2D eigenvalue weighted by Crippen LogP contribution is -2.54. The molecule has 148 valence electrons. The third kappa shape index (κ3) is 2.90. The Kier molecular flexibility index (Phi) is 5.24. The number of carbonyl (C=O) groups is 1. The van der Waals surface area contributed by atoms with Gasteiger partial charge in [0.05, 0.1) is 0 Å². The normalized spacial score (nSPS) is 49.2. The quantitative estimate of drug-likeness (QED) is 0.749. The van der Waals surface area contributed by atoms with Crippen LogP contribution in [0.15, 0.2) is 0 Å². The maximum atomic E-state index is 12.7. The Labute approximate surface area is 162 Å². The summed E-state index contributed by atoms with van der Waals surface area (Å²) in [4.78, 5) is 12.5. The predicted octanol–water partition coefficient (Wildman–Crippen LogP) is 4.06. The van der Waals surface area contributed by atoms with Crippen molar-refractivity contribution >= 4 is 17.0 Å². The average molecular weight is 380 g/mol. The first-order valence-electron chi connectivity index (χ1n) is 11.0. The highest BCUT2D eigenvalue weighted by Crippen LogP contribution is 2.65. The molecule has 0 aromatic carbocycles. The first-order chi connectivity index (χ1) is 12.4. The average Bonchev–Trinajstić information content (AvgIpc) is 2.94. The summed E-state index contributed by atoms with van der Waals surface area (Å²) in [6.45, 7) is 5.48. The topological polar surface area (TPSA) is 66.2 Å². The summed E-state index contributed by atoms with van der Waals surface area (Å²) in [7, 11) is 0. The molecule has 8 atom stereocenters. The van der Waals surface area contributed by atoms with Crippen molar-refractivity contribution in [1.29, 1.82) is 0 Å². The summed E-state index contributed by atoms with van der Waals surface area (Å²) in [5.41, 5.74) is 6.02. The van der Waals surface area contributed by atoms with E-state index in [1.807, 2.05) is 0 Å². The molecule has 0 spiro atoms. The minimum atomic E-state index is -0.690. The van der Waals surface area contributed by atoms with Crippen LogP contribution in [0.4, 0.5) is 0 Å². The van der Waals surface area contributed by atoms with Gasteiger partial charge in [-0.05, 0) is 87.0 Å². The fourth-order valence-corrected chi connectivity index (χ4v) is 9.23. The zero-order valence-electron chi connectivity index (χ0n) is 16.7. The number of rotatable bonds is 4. The van der Waals surface area contributed by atoms with Crippen molar-refractivity contribution in [3.63, 3.8) is 0 Å². The van der Waals surface area contributed by atoms with E-state index < -0.39 is 11.2 Å². The largest absolute Gasteiger partial charge is 0.616 e. The van der Waals surface area contributed by atoms with Gasteiger partial charge in [0.2, 0.25) is 0 Å². The number of carbonyl (C=O) groups excluding carboxylic acids is 1. The third-order valence-electron chi connectivity index (χ3n) is 9.25. The molecule has 4 saturated carbocycles. The van der Waals surface area contributed by atoms with Crippen LogP contribution >= 0.6 is 0 Å². The molecule has 4 fully saturated rings. The highest BCUT2D eigenvalue weighted by molar-refractivity contribution is 7.92. The van der Waals surface area contributed by atoms with Gasteiger partial charge in [0, 0.05) is 18.3 Å². The number of Topliss-reactive ketones (excluding diaryl/α,β-unsaturated/α-hetero) is 1. The van der Waals surface area contributed by atoms with Crippen LogP contribution in [-0.2, 0) is 16.0 Å². The zero-order chi connectivity index (χ0) is 18.5. The van der Waals surface area contributed by atoms with Crippen LogP contribution in [0, 0.1) is 34.5 Å². The number of nitrogens with two attached hydrogens (primary N) is 1. The molecule has 4 aliphatic carbocycles.